The van der Waals surface area contributed by atoms with Gasteiger partial charge in [-0.2, -0.15) is 5.10 Å². The molecule has 25 heavy (non-hydrogen) atoms. The zero-order valence-corrected chi connectivity index (χ0v) is 14.2. The molecule has 0 bridgehead atoms. The second-order valence-electron chi connectivity index (χ2n) is 6.62. The van der Waals surface area contributed by atoms with Gasteiger partial charge in [0.1, 0.15) is 0 Å². The van der Waals surface area contributed by atoms with Crippen molar-refractivity contribution in [2.45, 2.75) is 25.9 Å². The molecule has 0 aliphatic carbocycles. The summed E-state index contributed by atoms with van der Waals surface area (Å²) >= 11 is 0. The fraction of sp³-hybridized carbons (Fsp3) is 0.300. The number of nitrogens with one attached hydrogen (secondary N) is 2. The van der Waals surface area contributed by atoms with Gasteiger partial charge < -0.3 is 5.32 Å². The number of hydrogen-bond donors (Lipinski definition) is 2. The van der Waals surface area contributed by atoms with Crippen molar-refractivity contribution in [3.05, 3.63) is 65.4 Å². The monoisotopic (exact) mass is 334 g/mol. The third-order valence-electron chi connectivity index (χ3n) is 4.80. The highest BCUT2D eigenvalue weighted by molar-refractivity contribution is 6.05. The van der Waals surface area contributed by atoms with Gasteiger partial charge in [0, 0.05) is 18.5 Å². The highest BCUT2D eigenvalue weighted by Crippen LogP contribution is 2.16. The smallest absolute Gasteiger partial charge is 0.253 e. The molecule has 0 unspecified atom stereocenters. The second kappa shape index (κ2) is 7.07. The van der Waals surface area contributed by atoms with Crippen molar-refractivity contribution in [2.24, 2.45) is 0 Å². The molecule has 1 aliphatic rings. The number of H-pyrrole nitrogens is 1. The van der Waals surface area contributed by atoms with E-state index in [0.717, 1.165) is 23.0 Å². The van der Waals surface area contributed by atoms with Crippen LogP contribution in [0.1, 0.15) is 34.3 Å². The molecule has 1 saturated heterocycles. The number of amides is 1. The second-order valence-corrected chi connectivity index (χ2v) is 6.62. The maximum absolute atomic E-state index is 12.5. The molecule has 0 atom stereocenters. The lowest BCUT2D eigenvalue weighted by atomic mass is 10.1. The van der Waals surface area contributed by atoms with Crippen molar-refractivity contribution < 1.29 is 4.79 Å². The van der Waals surface area contributed by atoms with Gasteiger partial charge in [-0.05, 0) is 43.1 Å². The summed E-state index contributed by atoms with van der Waals surface area (Å²) in [5.74, 6) is -0.0870. The Morgan fingerprint density at radius 1 is 1.08 bits per heavy atom. The third-order valence-corrected chi connectivity index (χ3v) is 4.80. The molecule has 1 aromatic heterocycles. The average Bonchev–Trinajstić information content (AvgIpc) is 3.32. The van der Waals surface area contributed by atoms with Gasteiger partial charge in [0.15, 0.2) is 0 Å². The van der Waals surface area contributed by atoms with Crippen LogP contribution in [0.25, 0.3) is 10.9 Å². The molecule has 2 aromatic carbocycles. The van der Waals surface area contributed by atoms with E-state index in [1.165, 1.54) is 31.5 Å². The lowest BCUT2D eigenvalue weighted by Gasteiger charge is -2.14. The van der Waals surface area contributed by atoms with Gasteiger partial charge in [0.2, 0.25) is 0 Å². The van der Waals surface area contributed by atoms with Crippen molar-refractivity contribution in [2.75, 3.05) is 13.1 Å². The van der Waals surface area contributed by atoms with E-state index in [0.29, 0.717) is 12.1 Å². The fourth-order valence-corrected chi connectivity index (χ4v) is 3.40. The zero-order chi connectivity index (χ0) is 17.1. The summed E-state index contributed by atoms with van der Waals surface area (Å²) < 4.78 is 0. The van der Waals surface area contributed by atoms with Crippen molar-refractivity contribution >= 4 is 16.8 Å². The molecule has 1 amide bonds. The lowest BCUT2D eigenvalue weighted by Crippen LogP contribution is -2.23. The van der Waals surface area contributed by atoms with Gasteiger partial charge in [-0.15, -0.1) is 0 Å². The first-order chi connectivity index (χ1) is 12.3. The number of carbonyl (C=O) groups is 1. The van der Waals surface area contributed by atoms with Crippen molar-refractivity contribution in [1.29, 1.82) is 0 Å². The quantitative estimate of drug-likeness (QED) is 0.754. The largest absolute Gasteiger partial charge is 0.348 e. The Bertz CT molecular complexity index is 863. The van der Waals surface area contributed by atoms with Crippen LogP contribution in [0.2, 0.25) is 0 Å². The first-order valence-corrected chi connectivity index (χ1v) is 8.80. The maximum atomic E-state index is 12.5. The van der Waals surface area contributed by atoms with Crippen molar-refractivity contribution in [3.8, 4) is 0 Å². The van der Waals surface area contributed by atoms with Gasteiger partial charge in [-0.25, -0.2) is 0 Å². The maximum Gasteiger partial charge on any atom is 0.253 e. The first-order valence-electron chi connectivity index (χ1n) is 8.80. The lowest BCUT2D eigenvalue weighted by molar-refractivity contribution is 0.0952. The van der Waals surface area contributed by atoms with Crippen LogP contribution < -0.4 is 5.32 Å². The minimum atomic E-state index is -0.0870. The first kappa shape index (κ1) is 15.8. The number of carbonyl (C=O) groups excluding carboxylic acids is 1. The molecule has 128 valence electrons. The summed E-state index contributed by atoms with van der Waals surface area (Å²) in [6.45, 7) is 3.95. The molecular weight excluding hydrogens is 312 g/mol. The van der Waals surface area contributed by atoms with E-state index in [1.54, 1.807) is 6.20 Å². The van der Waals surface area contributed by atoms with Crippen molar-refractivity contribution in [1.82, 2.24) is 20.4 Å². The van der Waals surface area contributed by atoms with Crippen LogP contribution in [0.15, 0.2) is 48.7 Å². The van der Waals surface area contributed by atoms with Gasteiger partial charge in [-0.3, -0.25) is 14.8 Å². The van der Waals surface area contributed by atoms with E-state index in [2.05, 4.69) is 44.7 Å². The number of rotatable bonds is 5. The number of aromatic nitrogens is 2. The van der Waals surface area contributed by atoms with Gasteiger partial charge in [-0.1, -0.05) is 36.4 Å². The number of likely N-dealkylation sites (tertiary alicyclic amines) is 1. The van der Waals surface area contributed by atoms with Crippen LogP contribution in [-0.4, -0.2) is 34.1 Å². The number of benzene rings is 2. The number of para-hydroxylation sites is 1. The number of fused-ring (bicyclic) bond motifs is 1. The van der Waals surface area contributed by atoms with E-state index in [-0.39, 0.29) is 5.91 Å². The Morgan fingerprint density at radius 2 is 1.84 bits per heavy atom. The molecule has 0 radical (unpaired) electrons. The summed E-state index contributed by atoms with van der Waals surface area (Å²) in [4.78, 5) is 14.9. The van der Waals surface area contributed by atoms with E-state index in [4.69, 9.17) is 0 Å². The van der Waals surface area contributed by atoms with Gasteiger partial charge >= 0.3 is 0 Å². The summed E-state index contributed by atoms with van der Waals surface area (Å²) in [6.07, 6.45) is 4.35. The summed E-state index contributed by atoms with van der Waals surface area (Å²) in [5.41, 5.74) is 3.84. The van der Waals surface area contributed by atoms with Crippen LogP contribution in [0.4, 0.5) is 0 Å². The molecule has 2 heterocycles. The van der Waals surface area contributed by atoms with Crippen LogP contribution in [0, 0.1) is 0 Å². The molecule has 2 N–H and O–H groups in total. The van der Waals surface area contributed by atoms with E-state index in [1.807, 2.05) is 18.2 Å². The topological polar surface area (TPSA) is 61.0 Å². The SMILES string of the molecule is O=C(NCc1ccc(CN2CCCC2)cc1)c1cccc2cn[nH]c12. The van der Waals surface area contributed by atoms with Gasteiger partial charge in [0.05, 0.1) is 17.3 Å². The Morgan fingerprint density at radius 3 is 2.64 bits per heavy atom. The molecule has 3 aromatic rings. The highest BCUT2D eigenvalue weighted by atomic mass is 16.1. The zero-order valence-electron chi connectivity index (χ0n) is 14.2. The Labute approximate surface area is 147 Å². The Balaban J connectivity index is 1.37. The number of aromatic amines is 1. The van der Waals surface area contributed by atoms with E-state index in [9.17, 15) is 4.79 Å². The van der Waals surface area contributed by atoms with E-state index >= 15 is 0 Å². The minimum Gasteiger partial charge on any atom is -0.348 e. The summed E-state index contributed by atoms with van der Waals surface area (Å²) in [6, 6.07) is 14.2. The normalized spacial score (nSPS) is 14.9. The average molecular weight is 334 g/mol. The predicted octanol–water partition coefficient (Wildman–Crippen LogP) is 3.09. The number of hydrogen-bond acceptors (Lipinski definition) is 3. The minimum absolute atomic E-state index is 0.0870. The molecule has 0 saturated carbocycles. The highest BCUT2D eigenvalue weighted by Gasteiger charge is 2.12. The van der Waals surface area contributed by atoms with Crippen LogP contribution in [0.5, 0.6) is 0 Å². The number of nitrogens with zero attached hydrogens (tertiary/aromatic N) is 2. The molecule has 5 nitrogen and oxygen atoms in total. The molecule has 1 fully saturated rings. The van der Waals surface area contributed by atoms with Crippen molar-refractivity contribution in [3.63, 3.8) is 0 Å². The Kier molecular flexibility index (Phi) is 4.48. The fourth-order valence-electron chi connectivity index (χ4n) is 3.40. The Hall–Kier alpha value is -2.66. The van der Waals surface area contributed by atoms with Crippen LogP contribution in [-0.2, 0) is 13.1 Å². The summed E-state index contributed by atoms with van der Waals surface area (Å²) in [7, 11) is 0. The molecule has 1 aliphatic heterocycles. The van der Waals surface area contributed by atoms with E-state index < -0.39 is 0 Å². The summed E-state index contributed by atoms with van der Waals surface area (Å²) in [5, 5.41) is 10.8. The van der Waals surface area contributed by atoms with Gasteiger partial charge in [0.25, 0.3) is 5.91 Å². The third kappa shape index (κ3) is 3.56. The molecule has 4 rings (SSSR count). The predicted molar refractivity (Wildman–Crippen MR) is 98.2 cm³/mol. The molecule has 5 heteroatoms. The van der Waals surface area contributed by atoms with Crippen LogP contribution in [0.3, 0.4) is 0 Å². The molecule has 0 spiro atoms. The molecular formula is C20H22N4O. The standard InChI is InChI=1S/C20H22N4O/c25-20(18-5-3-4-17-13-22-23-19(17)18)21-12-15-6-8-16(9-7-15)14-24-10-1-2-11-24/h3-9,13H,1-2,10-12,14H2,(H,21,25)(H,22,23). The van der Waals surface area contributed by atoms with Crippen LogP contribution >= 0.6 is 0 Å².